The van der Waals surface area contributed by atoms with Crippen molar-refractivity contribution in [2.45, 2.75) is 46.6 Å². The van der Waals surface area contributed by atoms with Crippen molar-refractivity contribution < 1.29 is 9.90 Å². The van der Waals surface area contributed by atoms with Crippen molar-refractivity contribution in [3.8, 4) is 5.69 Å². The van der Waals surface area contributed by atoms with Crippen molar-refractivity contribution in [1.29, 1.82) is 0 Å². The standard InChI is InChI=1S/C18H26N4O2/c1-5-14(6-2)16(23)11-19-18(24)17-13(4)22(21-20-17)15-9-7-12(3)8-10-15/h7-10,14,16,23H,5-6,11H2,1-4H3,(H,19,24). The minimum atomic E-state index is -0.545. The summed E-state index contributed by atoms with van der Waals surface area (Å²) in [5.74, 6) is -0.120. The molecule has 130 valence electrons. The first kappa shape index (κ1) is 18.1. The molecule has 0 saturated heterocycles. The van der Waals surface area contributed by atoms with Gasteiger partial charge >= 0.3 is 0 Å². The number of nitrogens with one attached hydrogen (secondary N) is 1. The third-order valence-electron chi connectivity index (χ3n) is 4.45. The monoisotopic (exact) mass is 330 g/mol. The minimum Gasteiger partial charge on any atom is -0.391 e. The van der Waals surface area contributed by atoms with Crippen LogP contribution in [0.3, 0.4) is 0 Å². The second kappa shape index (κ2) is 8.06. The first-order valence-corrected chi connectivity index (χ1v) is 8.43. The second-order valence-electron chi connectivity index (χ2n) is 6.12. The number of aliphatic hydroxyl groups excluding tert-OH is 1. The molecule has 1 unspecified atom stereocenters. The Morgan fingerprint density at radius 2 is 1.83 bits per heavy atom. The van der Waals surface area contributed by atoms with Gasteiger partial charge in [0.25, 0.3) is 5.91 Å². The highest BCUT2D eigenvalue weighted by atomic mass is 16.3. The molecular weight excluding hydrogens is 304 g/mol. The molecule has 0 fully saturated rings. The smallest absolute Gasteiger partial charge is 0.273 e. The van der Waals surface area contributed by atoms with Gasteiger partial charge in [-0.2, -0.15) is 0 Å². The molecule has 0 aliphatic carbocycles. The predicted octanol–water partition coefficient (Wildman–Crippen LogP) is 2.41. The zero-order valence-corrected chi connectivity index (χ0v) is 14.8. The van der Waals surface area contributed by atoms with Gasteiger partial charge in [-0.05, 0) is 31.9 Å². The number of hydrogen-bond donors (Lipinski definition) is 2. The lowest BCUT2D eigenvalue weighted by Crippen LogP contribution is -2.36. The molecule has 1 atom stereocenters. The Morgan fingerprint density at radius 1 is 1.21 bits per heavy atom. The molecule has 1 aromatic carbocycles. The van der Waals surface area contributed by atoms with Crippen LogP contribution < -0.4 is 5.32 Å². The van der Waals surface area contributed by atoms with E-state index in [9.17, 15) is 9.90 Å². The van der Waals surface area contributed by atoms with Crippen molar-refractivity contribution in [3.63, 3.8) is 0 Å². The number of amides is 1. The molecule has 2 aromatic rings. The van der Waals surface area contributed by atoms with E-state index in [0.29, 0.717) is 5.69 Å². The van der Waals surface area contributed by atoms with Crippen molar-refractivity contribution >= 4 is 5.91 Å². The predicted molar refractivity (Wildman–Crippen MR) is 93.2 cm³/mol. The number of rotatable bonds is 7. The number of carbonyl (C=O) groups excluding carboxylic acids is 1. The highest BCUT2D eigenvalue weighted by Gasteiger charge is 2.20. The summed E-state index contributed by atoms with van der Waals surface area (Å²) in [6, 6.07) is 7.86. The lowest BCUT2D eigenvalue weighted by atomic mass is 9.96. The fraction of sp³-hybridized carbons (Fsp3) is 0.500. The molecule has 0 spiro atoms. The molecule has 1 heterocycles. The second-order valence-corrected chi connectivity index (χ2v) is 6.12. The number of aliphatic hydroxyl groups is 1. The highest BCUT2D eigenvalue weighted by Crippen LogP contribution is 2.14. The van der Waals surface area contributed by atoms with Crippen LogP contribution in [0, 0.1) is 19.8 Å². The van der Waals surface area contributed by atoms with Crippen LogP contribution in [0.25, 0.3) is 5.69 Å². The molecule has 6 heteroatoms. The fourth-order valence-corrected chi connectivity index (χ4v) is 2.75. The van der Waals surface area contributed by atoms with E-state index in [1.807, 2.05) is 52.0 Å². The molecule has 0 saturated carbocycles. The zero-order chi connectivity index (χ0) is 17.7. The molecule has 2 N–H and O–H groups in total. The van der Waals surface area contributed by atoms with Crippen LogP contribution in [-0.4, -0.2) is 38.7 Å². The number of carbonyl (C=O) groups is 1. The molecule has 0 aliphatic heterocycles. The number of benzene rings is 1. The van der Waals surface area contributed by atoms with Gasteiger partial charge in [0.15, 0.2) is 5.69 Å². The first-order chi connectivity index (χ1) is 11.5. The Morgan fingerprint density at radius 3 is 2.42 bits per heavy atom. The van der Waals surface area contributed by atoms with Gasteiger partial charge in [0.2, 0.25) is 0 Å². The van der Waals surface area contributed by atoms with E-state index in [-0.39, 0.29) is 24.1 Å². The summed E-state index contributed by atoms with van der Waals surface area (Å²) in [7, 11) is 0. The Kier molecular flexibility index (Phi) is 6.09. The molecule has 0 aliphatic rings. The fourth-order valence-electron chi connectivity index (χ4n) is 2.75. The average molecular weight is 330 g/mol. The summed E-state index contributed by atoms with van der Waals surface area (Å²) in [6.07, 6.45) is 1.23. The summed E-state index contributed by atoms with van der Waals surface area (Å²) in [6.45, 7) is 8.13. The van der Waals surface area contributed by atoms with Gasteiger partial charge in [-0.3, -0.25) is 4.79 Å². The highest BCUT2D eigenvalue weighted by molar-refractivity contribution is 5.93. The molecule has 1 amide bonds. The van der Waals surface area contributed by atoms with E-state index in [4.69, 9.17) is 0 Å². The van der Waals surface area contributed by atoms with Gasteiger partial charge in [0.1, 0.15) is 0 Å². The van der Waals surface area contributed by atoms with Crippen LogP contribution in [0.1, 0.15) is 48.4 Å². The Hall–Kier alpha value is -2.21. The van der Waals surface area contributed by atoms with E-state index in [1.54, 1.807) is 4.68 Å². The number of nitrogens with zero attached hydrogens (tertiary/aromatic N) is 3. The Balaban J connectivity index is 2.07. The van der Waals surface area contributed by atoms with Crippen LogP contribution >= 0.6 is 0 Å². The molecular formula is C18H26N4O2. The van der Waals surface area contributed by atoms with Crippen LogP contribution in [0.15, 0.2) is 24.3 Å². The van der Waals surface area contributed by atoms with Gasteiger partial charge < -0.3 is 10.4 Å². The third-order valence-corrected chi connectivity index (χ3v) is 4.45. The summed E-state index contributed by atoms with van der Waals surface area (Å²) in [5, 5.41) is 21.0. The van der Waals surface area contributed by atoms with Crippen LogP contribution in [-0.2, 0) is 0 Å². The van der Waals surface area contributed by atoms with E-state index in [2.05, 4.69) is 15.6 Å². The number of aromatic nitrogens is 3. The van der Waals surface area contributed by atoms with Gasteiger partial charge in [-0.25, -0.2) is 4.68 Å². The van der Waals surface area contributed by atoms with Gasteiger partial charge in [-0.1, -0.05) is 49.6 Å². The SMILES string of the molecule is CCC(CC)C(O)CNC(=O)c1nnn(-c2ccc(C)cc2)c1C. The molecule has 0 bridgehead atoms. The Bertz CT molecular complexity index is 675. The maximum absolute atomic E-state index is 12.3. The zero-order valence-electron chi connectivity index (χ0n) is 14.8. The largest absolute Gasteiger partial charge is 0.391 e. The molecule has 1 aromatic heterocycles. The van der Waals surface area contributed by atoms with E-state index in [1.165, 1.54) is 0 Å². The van der Waals surface area contributed by atoms with Crippen molar-refractivity contribution in [2.75, 3.05) is 6.54 Å². The van der Waals surface area contributed by atoms with E-state index >= 15 is 0 Å². The third kappa shape index (κ3) is 4.00. The molecule has 6 nitrogen and oxygen atoms in total. The minimum absolute atomic E-state index is 0.189. The van der Waals surface area contributed by atoms with E-state index in [0.717, 1.165) is 24.1 Å². The maximum atomic E-state index is 12.3. The summed E-state index contributed by atoms with van der Waals surface area (Å²) >= 11 is 0. The van der Waals surface area contributed by atoms with Gasteiger partial charge in [0, 0.05) is 6.54 Å². The average Bonchev–Trinajstić information content (AvgIpc) is 2.96. The van der Waals surface area contributed by atoms with Crippen molar-refractivity contribution in [3.05, 3.63) is 41.2 Å². The molecule has 0 radical (unpaired) electrons. The summed E-state index contributed by atoms with van der Waals surface area (Å²) in [4.78, 5) is 12.3. The normalized spacial score (nSPS) is 12.4. The lowest BCUT2D eigenvalue weighted by molar-refractivity contribution is 0.0812. The number of aryl methyl sites for hydroxylation is 1. The topological polar surface area (TPSA) is 80.0 Å². The quantitative estimate of drug-likeness (QED) is 0.817. The lowest BCUT2D eigenvalue weighted by Gasteiger charge is -2.20. The Labute approximate surface area is 142 Å². The maximum Gasteiger partial charge on any atom is 0.273 e. The van der Waals surface area contributed by atoms with Crippen molar-refractivity contribution in [2.24, 2.45) is 5.92 Å². The van der Waals surface area contributed by atoms with Crippen molar-refractivity contribution in [1.82, 2.24) is 20.3 Å². The van der Waals surface area contributed by atoms with Gasteiger partial charge in [-0.15, -0.1) is 5.10 Å². The van der Waals surface area contributed by atoms with Crippen LogP contribution in [0.5, 0.6) is 0 Å². The van der Waals surface area contributed by atoms with E-state index < -0.39 is 6.10 Å². The molecule has 2 rings (SSSR count). The van der Waals surface area contributed by atoms with Crippen LogP contribution in [0.2, 0.25) is 0 Å². The summed E-state index contributed by atoms with van der Waals surface area (Å²) < 4.78 is 1.64. The number of hydrogen-bond acceptors (Lipinski definition) is 4. The van der Waals surface area contributed by atoms with Crippen LogP contribution in [0.4, 0.5) is 0 Å². The van der Waals surface area contributed by atoms with Gasteiger partial charge in [0.05, 0.1) is 17.5 Å². The summed E-state index contributed by atoms with van der Waals surface area (Å²) in [5.41, 5.74) is 2.98. The molecule has 24 heavy (non-hydrogen) atoms. The first-order valence-electron chi connectivity index (χ1n) is 8.43.